The monoisotopic (exact) mass is 296 g/mol. The molecule has 2 unspecified atom stereocenters. The normalized spacial score (nSPS) is 28.1. The third-order valence-corrected chi connectivity index (χ3v) is 5.30. The van der Waals surface area contributed by atoms with E-state index >= 15 is 0 Å². The molecule has 122 valence electrons. The number of hydrogen-bond acceptors (Lipinski definition) is 3. The Labute approximate surface area is 129 Å². The van der Waals surface area contributed by atoms with E-state index in [4.69, 9.17) is 0 Å². The van der Waals surface area contributed by atoms with Gasteiger partial charge in [-0.3, -0.25) is 9.69 Å². The fourth-order valence-corrected chi connectivity index (χ4v) is 4.13. The molecule has 0 aromatic rings. The molecule has 1 heterocycles. The van der Waals surface area contributed by atoms with Gasteiger partial charge in [0.1, 0.15) is 0 Å². The number of nitrogens with zero attached hydrogens (tertiary/aromatic N) is 2. The Hall–Kier alpha value is -0.610. The van der Waals surface area contributed by atoms with Gasteiger partial charge in [-0.05, 0) is 46.0 Å². The molecule has 2 aliphatic rings. The Morgan fingerprint density at radius 2 is 1.67 bits per heavy atom. The van der Waals surface area contributed by atoms with E-state index in [1.807, 2.05) is 0 Å². The van der Waals surface area contributed by atoms with Crippen LogP contribution in [0.25, 0.3) is 0 Å². The number of aliphatic hydroxyl groups is 1. The largest absolute Gasteiger partial charge is 0.395 e. The lowest BCUT2D eigenvalue weighted by molar-refractivity contribution is -0.139. The maximum absolute atomic E-state index is 12.7. The molecule has 1 amide bonds. The lowest BCUT2D eigenvalue weighted by Crippen LogP contribution is -2.53. The van der Waals surface area contributed by atoms with Crippen LogP contribution in [0.1, 0.15) is 65.2 Å². The summed E-state index contributed by atoms with van der Waals surface area (Å²) in [6.07, 6.45) is 9.68. The van der Waals surface area contributed by atoms with Crippen molar-refractivity contribution in [3.63, 3.8) is 0 Å². The summed E-state index contributed by atoms with van der Waals surface area (Å²) in [5.41, 5.74) is 0. The van der Waals surface area contributed by atoms with E-state index in [-0.39, 0.29) is 12.5 Å². The predicted molar refractivity (Wildman–Crippen MR) is 85.2 cm³/mol. The molecule has 1 saturated heterocycles. The number of piperidine rings is 1. The Morgan fingerprint density at radius 3 is 2.24 bits per heavy atom. The van der Waals surface area contributed by atoms with Gasteiger partial charge in [-0.15, -0.1) is 0 Å². The zero-order valence-corrected chi connectivity index (χ0v) is 13.8. The topological polar surface area (TPSA) is 43.8 Å². The van der Waals surface area contributed by atoms with E-state index in [1.54, 1.807) is 0 Å². The molecular formula is C17H32N2O2. The van der Waals surface area contributed by atoms with E-state index in [0.29, 0.717) is 31.2 Å². The molecule has 21 heavy (non-hydrogen) atoms. The van der Waals surface area contributed by atoms with Crippen LogP contribution >= 0.6 is 0 Å². The second kappa shape index (κ2) is 8.14. The highest BCUT2D eigenvalue weighted by Gasteiger charge is 2.31. The molecule has 0 aromatic heterocycles. The van der Waals surface area contributed by atoms with Gasteiger partial charge in [0.25, 0.3) is 0 Å². The predicted octanol–water partition coefficient (Wildman–Crippen LogP) is 2.40. The van der Waals surface area contributed by atoms with Gasteiger partial charge in [0.15, 0.2) is 0 Å². The van der Waals surface area contributed by atoms with E-state index in [9.17, 15) is 9.90 Å². The van der Waals surface area contributed by atoms with E-state index in [0.717, 1.165) is 12.8 Å². The second-order valence-electron chi connectivity index (χ2n) is 6.92. The number of hydrogen-bond donors (Lipinski definition) is 1. The minimum Gasteiger partial charge on any atom is -0.395 e. The smallest absolute Gasteiger partial charge is 0.237 e. The number of amides is 1. The fourth-order valence-electron chi connectivity index (χ4n) is 4.13. The van der Waals surface area contributed by atoms with Gasteiger partial charge in [-0.25, -0.2) is 0 Å². The van der Waals surface area contributed by atoms with Gasteiger partial charge in [0, 0.05) is 24.7 Å². The maximum Gasteiger partial charge on any atom is 0.237 e. The molecule has 2 atom stereocenters. The molecule has 2 rings (SSSR count). The maximum atomic E-state index is 12.7. The first-order valence-corrected chi connectivity index (χ1v) is 8.79. The van der Waals surface area contributed by atoms with Gasteiger partial charge in [0.05, 0.1) is 13.2 Å². The molecule has 1 N–H and O–H groups in total. The van der Waals surface area contributed by atoms with Crippen molar-refractivity contribution in [2.75, 3.05) is 19.7 Å². The summed E-state index contributed by atoms with van der Waals surface area (Å²) in [7, 11) is 0. The van der Waals surface area contributed by atoms with Crippen LogP contribution in [-0.2, 0) is 4.79 Å². The number of carbonyl (C=O) groups is 1. The van der Waals surface area contributed by atoms with Crippen LogP contribution in [0.2, 0.25) is 0 Å². The average molecular weight is 296 g/mol. The number of aliphatic hydroxyl groups excluding tert-OH is 1. The summed E-state index contributed by atoms with van der Waals surface area (Å²) in [6, 6.07) is 1.22. The summed E-state index contributed by atoms with van der Waals surface area (Å²) in [5, 5.41) is 9.33. The molecule has 0 spiro atoms. The average Bonchev–Trinajstić information content (AvgIpc) is 2.47. The molecule has 4 nitrogen and oxygen atoms in total. The first kappa shape index (κ1) is 16.8. The Balaban J connectivity index is 1.96. The molecule has 1 aliphatic carbocycles. The van der Waals surface area contributed by atoms with Crippen LogP contribution < -0.4 is 0 Å². The van der Waals surface area contributed by atoms with Crippen molar-refractivity contribution in [3.8, 4) is 0 Å². The van der Waals surface area contributed by atoms with E-state index in [2.05, 4.69) is 23.6 Å². The highest BCUT2D eigenvalue weighted by atomic mass is 16.3. The molecular weight excluding hydrogens is 264 g/mol. The SMILES string of the molecule is CC1CCCC(C)N1C(=O)CN(CCO)C1CCCCC1. The highest BCUT2D eigenvalue weighted by Crippen LogP contribution is 2.25. The van der Waals surface area contributed by atoms with Crippen molar-refractivity contribution < 1.29 is 9.90 Å². The molecule has 1 aliphatic heterocycles. The van der Waals surface area contributed by atoms with Crippen LogP contribution in [0, 0.1) is 0 Å². The molecule has 2 fully saturated rings. The highest BCUT2D eigenvalue weighted by molar-refractivity contribution is 5.79. The molecule has 0 aromatic carbocycles. The van der Waals surface area contributed by atoms with Crippen LogP contribution in [-0.4, -0.2) is 58.6 Å². The molecule has 0 radical (unpaired) electrons. The molecule has 4 heteroatoms. The van der Waals surface area contributed by atoms with Crippen LogP contribution in [0.4, 0.5) is 0 Å². The Bertz CT molecular complexity index is 319. The summed E-state index contributed by atoms with van der Waals surface area (Å²) >= 11 is 0. The van der Waals surface area contributed by atoms with E-state index in [1.165, 1.54) is 38.5 Å². The number of rotatable bonds is 5. The van der Waals surface area contributed by atoms with Crippen molar-refractivity contribution in [2.45, 2.75) is 83.3 Å². The fraction of sp³-hybridized carbons (Fsp3) is 0.941. The first-order valence-electron chi connectivity index (χ1n) is 8.79. The summed E-state index contributed by atoms with van der Waals surface area (Å²) in [4.78, 5) is 17.1. The lowest BCUT2D eigenvalue weighted by atomic mass is 9.93. The summed E-state index contributed by atoms with van der Waals surface area (Å²) in [6.45, 7) is 5.61. The summed E-state index contributed by atoms with van der Waals surface area (Å²) in [5.74, 6) is 0.258. The van der Waals surface area contributed by atoms with Gasteiger partial charge < -0.3 is 10.0 Å². The minimum atomic E-state index is 0.148. The Morgan fingerprint density at radius 1 is 1.05 bits per heavy atom. The quantitative estimate of drug-likeness (QED) is 0.847. The third kappa shape index (κ3) is 4.43. The molecule has 1 saturated carbocycles. The van der Waals surface area contributed by atoms with Crippen LogP contribution in [0.3, 0.4) is 0 Å². The number of carbonyl (C=O) groups excluding carboxylic acids is 1. The van der Waals surface area contributed by atoms with Crippen molar-refractivity contribution in [1.82, 2.24) is 9.80 Å². The Kier molecular flexibility index (Phi) is 6.49. The second-order valence-corrected chi connectivity index (χ2v) is 6.92. The minimum absolute atomic E-state index is 0.148. The van der Waals surface area contributed by atoms with Gasteiger partial charge in [-0.1, -0.05) is 19.3 Å². The third-order valence-electron chi connectivity index (χ3n) is 5.30. The van der Waals surface area contributed by atoms with Gasteiger partial charge in [-0.2, -0.15) is 0 Å². The van der Waals surface area contributed by atoms with Crippen molar-refractivity contribution in [1.29, 1.82) is 0 Å². The van der Waals surface area contributed by atoms with Crippen molar-refractivity contribution in [3.05, 3.63) is 0 Å². The van der Waals surface area contributed by atoms with Gasteiger partial charge >= 0.3 is 0 Å². The van der Waals surface area contributed by atoms with E-state index < -0.39 is 0 Å². The zero-order valence-electron chi connectivity index (χ0n) is 13.8. The summed E-state index contributed by atoms with van der Waals surface area (Å²) < 4.78 is 0. The van der Waals surface area contributed by atoms with Crippen LogP contribution in [0.5, 0.6) is 0 Å². The number of likely N-dealkylation sites (tertiary alicyclic amines) is 1. The zero-order chi connectivity index (χ0) is 15.2. The van der Waals surface area contributed by atoms with Crippen molar-refractivity contribution >= 4 is 5.91 Å². The van der Waals surface area contributed by atoms with Gasteiger partial charge in [0.2, 0.25) is 5.91 Å². The first-order chi connectivity index (χ1) is 10.1. The van der Waals surface area contributed by atoms with Crippen molar-refractivity contribution in [2.24, 2.45) is 0 Å². The lowest BCUT2D eigenvalue weighted by Gasteiger charge is -2.41. The standard InChI is InChI=1S/C17H32N2O2/c1-14-7-6-8-15(2)19(14)17(21)13-18(11-12-20)16-9-4-3-5-10-16/h14-16,20H,3-13H2,1-2H3. The molecule has 0 bridgehead atoms. The van der Waals surface area contributed by atoms with Crippen LogP contribution in [0.15, 0.2) is 0 Å².